The number of para-hydroxylation sites is 1. The number of carbonyl (C=O) groups excluding carboxylic acids is 1. The Morgan fingerprint density at radius 2 is 1.95 bits per heavy atom. The number of methoxy groups -OCH3 is 1. The maximum Gasteiger partial charge on any atom is 0.326 e. The molecule has 22 heavy (non-hydrogen) atoms. The van der Waals surface area contributed by atoms with Gasteiger partial charge < -0.3 is 14.7 Å². The van der Waals surface area contributed by atoms with E-state index in [1.807, 2.05) is 30.3 Å². The van der Waals surface area contributed by atoms with Gasteiger partial charge in [-0.15, -0.1) is 0 Å². The van der Waals surface area contributed by atoms with Gasteiger partial charge in [-0.2, -0.15) is 5.10 Å². The van der Waals surface area contributed by atoms with E-state index >= 15 is 0 Å². The van der Waals surface area contributed by atoms with E-state index in [0.29, 0.717) is 5.75 Å². The second kappa shape index (κ2) is 6.30. The molecule has 7 heteroatoms. The molecule has 0 aliphatic rings. The van der Waals surface area contributed by atoms with Crippen molar-refractivity contribution in [1.82, 2.24) is 14.7 Å². The van der Waals surface area contributed by atoms with Crippen molar-refractivity contribution in [2.75, 3.05) is 14.2 Å². The molecule has 0 aliphatic heterocycles. The fraction of sp³-hybridized carbons (Fsp3) is 0.267. The second-order valence-electron chi connectivity index (χ2n) is 4.76. The van der Waals surface area contributed by atoms with Gasteiger partial charge in [0.2, 0.25) is 0 Å². The molecule has 2 aromatic rings. The summed E-state index contributed by atoms with van der Waals surface area (Å²) in [6, 6.07) is 8.29. The lowest BCUT2D eigenvalue weighted by atomic mass is 10.2. The summed E-state index contributed by atoms with van der Waals surface area (Å²) in [6.45, 7) is 1.43. The fourth-order valence-corrected chi connectivity index (χ4v) is 1.88. The van der Waals surface area contributed by atoms with Gasteiger partial charge in [-0.1, -0.05) is 18.2 Å². The number of rotatable bonds is 5. The smallest absolute Gasteiger partial charge is 0.326 e. The van der Waals surface area contributed by atoms with E-state index < -0.39 is 17.9 Å². The first-order valence-corrected chi connectivity index (χ1v) is 6.64. The van der Waals surface area contributed by atoms with Gasteiger partial charge in [-0.05, 0) is 19.1 Å². The Balaban J connectivity index is 2.37. The Kier molecular flexibility index (Phi) is 4.45. The fourth-order valence-electron chi connectivity index (χ4n) is 1.88. The number of ether oxygens (including phenoxy) is 1. The minimum atomic E-state index is -1.09. The summed E-state index contributed by atoms with van der Waals surface area (Å²) in [5.74, 6) is -1.31. The minimum absolute atomic E-state index is 0.0713. The zero-order valence-corrected chi connectivity index (χ0v) is 12.6. The predicted octanol–water partition coefficient (Wildman–Crippen LogP) is 1.43. The average molecular weight is 303 g/mol. The molecule has 1 unspecified atom stereocenters. The van der Waals surface area contributed by atoms with E-state index in [1.54, 1.807) is 6.20 Å². The van der Waals surface area contributed by atoms with Crippen LogP contribution in [0.4, 0.5) is 0 Å². The number of carboxylic acids is 1. The highest BCUT2D eigenvalue weighted by atomic mass is 16.5. The summed E-state index contributed by atoms with van der Waals surface area (Å²) in [5.41, 5.74) is 0.843. The largest absolute Gasteiger partial charge is 0.493 e. The summed E-state index contributed by atoms with van der Waals surface area (Å²) in [7, 11) is 2.85. The zero-order chi connectivity index (χ0) is 16.3. The quantitative estimate of drug-likeness (QED) is 0.903. The molecular weight excluding hydrogens is 286 g/mol. The van der Waals surface area contributed by atoms with Crippen LogP contribution in [-0.4, -0.2) is 51.9 Å². The van der Waals surface area contributed by atoms with E-state index in [9.17, 15) is 9.59 Å². The highest BCUT2D eigenvalue weighted by Gasteiger charge is 2.27. The summed E-state index contributed by atoms with van der Waals surface area (Å²) in [4.78, 5) is 24.5. The van der Waals surface area contributed by atoms with Gasteiger partial charge in [0.1, 0.15) is 6.04 Å². The average Bonchev–Trinajstić information content (AvgIpc) is 2.97. The third-order valence-electron chi connectivity index (χ3n) is 3.38. The number of aliphatic carboxylic acids is 1. The number of carbonyl (C=O) groups is 2. The number of aromatic nitrogens is 2. The Morgan fingerprint density at radius 3 is 2.50 bits per heavy atom. The van der Waals surface area contributed by atoms with Crippen molar-refractivity contribution in [2.24, 2.45) is 0 Å². The number of likely N-dealkylation sites (N-methyl/N-ethyl adjacent to an activating group) is 1. The number of benzene rings is 1. The number of carboxylic acid groups (broad SMARTS) is 1. The Bertz CT molecular complexity index is 681. The predicted molar refractivity (Wildman–Crippen MR) is 79.3 cm³/mol. The molecule has 1 heterocycles. The summed E-state index contributed by atoms with van der Waals surface area (Å²) < 4.78 is 6.70. The van der Waals surface area contributed by atoms with Gasteiger partial charge in [0.15, 0.2) is 11.4 Å². The van der Waals surface area contributed by atoms with Crippen LogP contribution >= 0.6 is 0 Å². The van der Waals surface area contributed by atoms with Crippen LogP contribution in [-0.2, 0) is 4.79 Å². The molecule has 1 aromatic heterocycles. The number of amides is 1. The van der Waals surface area contributed by atoms with Crippen molar-refractivity contribution in [3.63, 3.8) is 0 Å². The summed E-state index contributed by atoms with van der Waals surface area (Å²) >= 11 is 0. The SMILES string of the molecule is COc1cn(-c2ccccc2)nc1C(=O)N(C)C(C)C(=O)O. The lowest BCUT2D eigenvalue weighted by molar-refractivity contribution is -0.141. The van der Waals surface area contributed by atoms with Gasteiger partial charge in [0, 0.05) is 7.05 Å². The minimum Gasteiger partial charge on any atom is -0.493 e. The molecule has 0 saturated carbocycles. The van der Waals surface area contributed by atoms with Gasteiger partial charge >= 0.3 is 5.97 Å². The highest BCUT2D eigenvalue weighted by Crippen LogP contribution is 2.21. The van der Waals surface area contributed by atoms with Crippen molar-refractivity contribution in [3.8, 4) is 11.4 Å². The molecule has 0 aliphatic carbocycles. The zero-order valence-electron chi connectivity index (χ0n) is 12.6. The standard InChI is InChI=1S/C15H17N3O4/c1-10(15(20)21)17(2)14(19)13-12(22-3)9-18(16-13)11-7-5-4-6-8-11/h4-10H,1-3H3,(H,20,21). The number of hydrogen-bond acceptors (Lipinski definition) is 4. The monoisotopic (exact) mass is 303 g/mol. The van der Waals surface area contributed by atoms with Crippen LogP contribution in [0.2, 0.25) is 0 Å². The van der Waals surface area contributed by atoms with Crippen molar-refractivity contribution < 1.29 is 19.4 Å². The van der Waals surface area contributed by atoms with Gasteiger partial charge in [0.25, 0.3) is 5.91 Å². The first kappa shape index (κ1) is 15.6. The molecule has 0 saturated heterocycles. The topological polar surface area (TPSA) is 84.7 Å². The third-order valence-corrected chi connectivity index (χ3v) is 3.38. The van der Waals surface area contributed by atoms with Gasteiger partial charge in [-0.3, -0.25) is 4.79 Å². The molecule has 0 spiro atoms. The van der Waals surface area contributed by atoms with E-state index in [1.165, 1.54) is 25.8 Å². The van der Waals surface area contributed by atoms with Crippen LogP contribution in [0.3, 0.4) is 0 Å². The number of nitrogens with zero attached hydrogens (tertiary/aromatic N) is 3. The first-order valence-electron chi connectivity index (χ1n) is 6.64. The lowest BCUT2D eigenvalue weighted by Crippen LogP contribution is -2.40. The maximum atomic E-state index is 12.4. The molecule has 1 atom stereocenters. The van der Waals surface area contributed by atoms with Crippen LogP contribution in [0.5, 0.6) is 5.75 Å². The Labute approximate surface area is 127 Å². The van der Waals surface area contributed by atoms with Crippen molar-refractivity contribution in [3.05, 3.63) is 42.2 Å². The van der Waals surface area contributed by atoms with Crippen molar-refractivity contribution >= 4 is 11.9 Å². The normalized spacial score (nSPS) is 11.8. The molecule has 2 rings (SSSR count). The Morgan fingerprint density at radius 1 is 1.32 bits per heavy atom. The molecule has 0 radical (unpaired) electrons. The first-order chi connectivity index (χ1) is 10.5. The van der Waals surface area contributed by atoms with E-state index in [-0.39, 0.29) is 5.69 Å². The second-order valence-corrected chi connectivity index (χ2v) is 4.76. The highest BCUT2D eigenvalue weighted by molar-refractivity contribution is 5.97. The third kappa shape index (κ3) is 2.93. The lowest BCUT2D eigenvalue weighted by Gasteiger charge is -2.20. The molecule has 1 N–H and O–H groups in total. The van der Waals surface area contributed by atoms with Crippen LogP contribution in [0, 0.1) is 0 Å². The van der Waals surface area contributed by atoms with Crippen LogP contribution in [0.25, 0.3) is 5.69 Å². The maximum absolute atomic E-state index is 12.4. The van der Waals surface area contributed by atoms with Gasteiger partial charge in [0.05, 0.1) is 19.0 Å². The molecule has 116 valence electrons. The molecular formula is C15H17N3O4. The molecule has 1 amide bonds. The summed E-state index contributed by atoms with van der Waals surface area (Å²) in [6.07, 6.45) is 1.59. The van der Waals surface area contributed by atoms with Crippen LogP contribution < -0.4 is 4.74 Å². The summed E-state index contributed by atoms with van der Waals surface area (Å²) in [5, 5.41) is 13.2. The molecule has 7 nitrogen and oxygen atoms in total. The van der Waals surface area contributed by atoms with Crippen molar-refractivity contribution in [2.45, 2.75) is 13.0 Å². The number of hydrogen-bond donors (Lipinski definition) is 1. The van der Waals surface area contributed by atoms with Crippen LogP contribution in [0.1, 0.15) is 17.4 Å². The molecule has 0 fully saturated rings. The van der Waals surface area contributed by atoms with E-state index in [4.69, 9.17) is 9.84 Å². The van der Waals surface area contributed by atoms with E-state index in [0.717, 1.165) is 10.6 Å². The van der Waals surface area contributed by atoms with Gasteiger partial charge in [-0.25, -0.2) is 9.48 Å². The van der Waals surface area contributed by atoms with Crippen molar-refractivity contribution in [1.29, 1.82) is 0 Å². The molecule has 1 aromatic carbocycles. The van der Waals surface area contributed by atoms with Crippen LogP contribution in [0.15, 0.2) is 36.5 Å². The van der Waals surface area contributed by atoms with E-state index in [2.05, 4.69) is 5.10 Å². The molecule has 0 bridgehead atoms. The Hall–Kier alpha value is -2.83.